The monoisotopic (exact) mass is 323 g/mol. The topological polar surface area (TPSA) is 63.9 Å². The lowest BCUT2D eigenvalue weighted by Gasteiger charge is -2.20. The van der Waals surface area contributed by atoms with Gasteiger partial charge in [-0.3, -0.25) is 14.0 Å². The van der Waals surface area contributed by atoms with Crippen LogP contribution in [-0.2, 0) is 9.53 Å². The van der Waals surface area contributed by atoms with Gasteiger partial charge in [-0.25, -0.2) is 4.98 Å². The normalized spacial score (nSPS) is 10.9. The molecule has 120 valence electrons. The number of nitrogens with zero attached hydrogens (tertiary/aromatic N) is 3. The lowest BCUT2D eigenvalue weighted by molar-refractivity contribution is -0.143. The van der Waals surface area contributed by atoms with Gasteiger partial charge in [-0.15, -0.1) is 11.3 Å². The number of esters is 1. The SMILES string of the molecule is CCCN(CCC(=O)OCC)C(=O)c1cn2c(C)csc2n1. The first-order chi connectivity index (χ1) is 10.6. The molecule has 22 heavy (non-hydrogen) atoms. The summed E-state index contributed by atoms with van der Waals surface area (Å²) in [5, 5.41) is 2.00. The highest BCUT2D eigenvalue weighted by molar-refractivity contribution is 7.15. The predicted octanol–water partition coefficient (Wildman–Crippen LogP) is 2.51. The van der Waals surface area contributed by atoms with Crippen molar-refractivity contribution in [2.75, 3.05) is 19.7 Å². The van der Waals surface area contributed by atoms with Gasteiger partial charge in [0.15, 0.2) is 4.96 Å². The first-order valence-corrected chi connectivity index (χ1v) is 8.32. The quantitative estimate of drug-likeness (QED) is 0.735. The molecular weight excluding hydrogens is 302 g/mol. The van der Waals surface area contributed by atoms with Gasteiger partial charge in [-0.05, 0) is 20.3 Å². The van der Waals surface area contributed by atoms with E-state index in [4.69, 9.17) is 4.74 Å². The Balaban J connectivity index is 2.09. The molecule has 0 bridgehead atoms. The van der Waals surface area contributed by atoms with Gasteiger partial charge in [0.05, 0.1) is 13.0 Å². The van der Waals surface area contributed by atoms with E-state index < -0.39 is 0 Å². The van der Waals surface area contributed by atoms with Crippen LogP contribution in [0.25, 0.3) is 4.96 Å². The first kappa shape index (κ1) is 16.5. The molecule has 0 atom stereocenters. The van der Waals surface area contributed by atoms with Crippen molar-refractivity contribution in [3.8, 4) is 0 Å². The molecule has 0 unspecified atom stereocenters. The van der Waals surface area contributed by atoms with Gasteiger partial charge in [0.25, 0.3) is 5.91 Å². The number of thiazole rings is 1. The van der Waals surface area contributed by atoms with Crippen molar-refractivity contribution in [2.24, 2.45) is 0 Å². The first-order valence-electron chi connectivity index (χ1n) is 7.44. The summed E-state index contributed by atoms with van der Waals surface area (Å²) in [6.07, 6.45) is 2.80. The summed E-state index contributed by atoms with van der Waals surface area (Å²) >= 11 is 1.51. The number of fused-ring (bicyclic) bond motifs is 1. The summed E-state index contributed by atoms with van der Waals surface area (Å²) in [6, 6.07) is 0. The van der Waals surface area contributed by atoms with Crippen LogP contribution in [-0.4, -0.2) is 45.9 Å². The molecule has 2 aromatic rings. The Bertz CT molecular complexity index is 662. The molecule has 7 heteroatoms. The molecule has 2 aromatic heterocycles. The third-order valence-electron chi connectivity index (χ3n) is 3.28. The molecule has 1 amide bonds. The molecule has 0 spiro atoms. The van der Waals surface area contributed by atoms with Gasteiger partial charge in [-0.2, -0.15) is 0 Å². The Kier molecular flexibility index (Phi) is 5.54. The van der Waals surface area contributed by atoms with Crippen LogP contribution < -0.4 is 0 Å². The van der Waals surface area contributed by atoms with Crippen LogP contribution in [0.5, 0.6) is 0 Å². The van der Waals surface area contributed by atoms with Crippen LogP contribution in [0.4, 0.5) is 0 Å². The van der Waals surface area contributed by atoms with Crippen LogP contribution in [0.15, 0.2) is 11.6 Å². The lowest BCUT2D eigenvalue weighted by atomic mass is 10.3. The van der Waals surface area contributed by atoms with Crippen LogP contribution in [0.2, 0.25) is 0 Å². The second-order valence-corrected chi connectivity index (χ2v) is 5.84. The molecule has 0 N–H and O–H groups in total. The Morgan fingerprint density at radius 1 is 1.36 bits per heavy atom. The van der Waals surface area contributed by atoms with E-state index in [2.05, 4.69) is 4.98 Å². The van der Waals surface area contributed by atoms with E-state index in [1.54, 1.807) is 18.0 Å². The number of hydrogen-bond donors (Lipinski definition) is 0. The highest BCUT2D eigenvalue weighted by atomic mass is 32.1. The van der Waals surface area contributed by atoms with Gasteiger partial charge >= 0.3 is 5.97 Å². The van der Waals surface area contributed by atoms with Gasteiger partial charge in [0.2, 0.25) is 0 Å². The Morgan fingerprint density at radius 2 is 2.14 bits per heavy atom. The largest absolute Gasteiger partial charge is 0.466 e. The van der Waals surface area contributed by atoms with Crippen LogP contribution in [0.3, 0.4) is 0 Å². The zero-order valence-corrected chi connectivity index (χ0v) is 14.0. The van der Waals surface area contributed by atoms with E-state index >= 15 is 0 Å². The summed E-state index contributed by atoms with van der Waals surface area (Å²) in [4.78, 5) is 30.9. The minimum atomic E-state index is -0.280. The molecule has 2 heterocycles. The zero-order chi connectivity index (χ0) is 16.1. The van der Waals surface area contributed by atoms with E-state index in [0.29, 0.717) is 25.4 Å². The van der Waals surface area contributed by atoms with Crippen molar-refractivity contribution < 1.29 is 14.3 Å². The number of aryl methyl sites for hydroxylation is 1. The third kappa shape index (κ3) is 3.65. The fourth-order valence-electron chi connectivity index (χ4n) is 2.20. The molecular formula is C15H21N3O3S. The number of rotatable bonds is 7. The summed E-state index contributed by atoms with van der Waals surface area (Å²) in [5.74, 6) is -0.417. The van der Waals surface area contributed by atoms with E-state index in [1.165, 1.54) is 11.3 Å². The van der Waals surface area contributed by atoms with E-state index in [-0.39, 0.29) is 18.3 Å². The maximum Gasteiger partial charge on any atom is 0.307 e. The molecule has 0 aliphatic carbocycles. The average molecular weight is 323 g/mol. The van der Waals surface area contributed by atoms with E-state index in [1.807, 2.05) is 23.6 Å². The van der Waals surface area contributed by atoms with Crippen LogP contribution in [0, 0.1) is 6.92 Å². The van der Waals surface area contributed by atoms with Gasteiger partial charge in [-0.1, -0.05) is 6.92 Å². The van der Waals surface area contributed by atoms with Gasteiger partial charge in [0.1, 0.15) is 5.69 Å². The third-order valence-corrected chi connectivity index (χ3v) is 4.24. The number of carbonyl (C=O) groups is 2. The number of amides is 1. The minimum Gasteiger partial charge on any atom is -0.466 e. The predicted molar refractivity (Wildman–Crippen MR) is 85.3 cm³/mol. The standard InChI is InChI=1S/C15H21N3O3S/c1-4-7-17(8-6-13(19)21-5-2)14(20)12-9-18-11(3)10-22-15(18)16-12/h9-10H,4-8H2,1-3H3. The average Bonchev–Trinajstić information content (AvgIpc) is 3.06. The molecule has 0 aliphatic heterocycles. The van der Waals surface area contributed by atoms with Crippen molar-refractivity contribution in [1.29, 1.82) is 0 Å². The summed E-state index contributed by atoms with van der Waals surface area (Å²) in [6.45, 7) is 7.06. The molecule has 0 fully saturated rings. The fourth-order valence-corrected chi connectivity index (χ4v) is 3.05. The van der Waals surface area contributed by atoms with Crippen molar-refractivity contribution in [3.05, 3.63) is 23.0 Å². The van der Waals surface area contributed by atoms with Crippen LogP contribution >= 0.6 is 11.3 Å². The number of ether oxygens (including phenoxy) is 1. The molecule has 0 saturated carbocycles. The summed E-state index contributed by atoms with van der Waals surface area (Å²) in [7, 11) is 0. The number of imidazole rings is 1. The Labute approximate surface area is 133 Å². The fraction of sp³-hybridized carbons (Fsp3) is 0.533. The smallest absolute Gasteiger partial charge is 0.307 e. The number of aromatic nitrogens is 2. The summed E-state index contributed by atoms with van der Waals surface area (Å²) < 4.78 is 6.82. The molecule has 0 radical (unpaired) electrons. The summed E-state index contributed by atoms with van der Waals surface area (Å²) in [5.41, 5.74) is 1.48. The molecule has 2 rings (SSSR count). The number of hydrogen-bond acceptors (Lipinski definition) is 5. The molecule has 0 saturated heterocycles. The second-order valence-electron chi connectivity index (χ2n) is 5.00. The van der Waals surface area contributed by atoms with Crippen molar-refractivity contribution in [3.63, 3.8) is 0 Å². The van der Waals surface area contributed by atoms with Crippen molar-refractivity contribution in [1.82, 2.24) is 14.3 Å². The highest BCUT2D eigenvalue weighted by Gasteiger charge is 2.20. The minimum absolute atomic E-state index is 0.138. The maximum absolute atomic E-state index is 12.6. The van der Waals surface area contributed by atoms with Crippen molar-refractivity contribution >= 4 is 28.2 Å². The zero-order valence-electron chi connectivity index (χ0n) is 13.2. The molecule has 0 aromatic carbocycles. The second kappa shape index (κ2) is 7.40. The lowest BCUT2D eigenvalue weighted by Crippen LogP contribution is -2.34. The van der Waals surface area contributed by atoms with Crippen LogP contribution in [0.1, 0.15) is 42.9 Å². The molecule has 6 nitrogen and oxygen atoms in total. The number of carbonyl (C=O) groups excluding carboxylic acids is 2. The van der Waals surface area contributed by atoms with Gasteiger partial charge in [0, 0.05) is 30.4 Å². The van der Waals surface area contributed by atoms with Crippen molar-refractivity contribution in [2.45, 2.75) is 33.6 Å². The maximum atomic E-state index is 12.6. The van der Waals surface area contributed by atoms with E-state index in [0.717, 1.165) is 17.1 Å². The van der Waals surface area contributed by atoms with E-state index in [9.17, 15) is 9.59 Å². The Morgan fingerprint density at radius 3 is 2.77 bits per heavy atom. The van der Waals surface area contributed by atoms with Gasteiger partial charge < -0.3 is 9.64 Å². The molecule has 0 aliphatic rings. The Hall–Kier alpha value is -1.89. The highest BCUT2D eigenvalue weighted by Crippen LogP contribution is 2.17.